The van der Waals surface area contributed by atoms with E-state index in [1.54, 1.807) is 24.3 Å². The van der Waals surface area contributed by atoms with Crippen molar-refractivity contribution < 1.29 is 4.79 Å². The topological polar surface area (TPSA) is 49.0 Å². The Morgan fingerprint density at radius 1 is 1.42 bits per heavy atom. The summed E-state index contributed by atoms with van der Waals surface area (Å²) >= 11 is 7.32. The number of H-pyrrole nitrogens is 1. The molecule has 0 bridgehead atoms. The Labute approximate surface area is 121 Å². The van der Waals surface area contributed by atoms with Gasteiger partial charge in [0.2, 0.25) is 5.91 Å². The number of amides is 1. The van der Waals surface area contributed by atoms with Gasteiger partial charge in [0.1, 0.15) is 0 Å². The number of hydrogen-bond acceptors (Lipinski definition) is 3. The summed E-state index contributed by atoms with van der Waals surface area (Å²) in [5.41, 5.74) is 0.993. The van der Waals surface area contributed by atoms with Gasteiger partial charge in [-0.1, -0.05) is 11.6 Å². The lowest BCUT2D eigenvalue weighted by molar-refractivity contribution is -0.127. The van der Waals surface area contributed by atoms with Gasteiger partial charge in [-0.15, -0.1) is 11.8 Å². The van der Waals surface area contributed by atoms with Crippen LogP contribution in [0, 0.1) is 0 Å². The van der Waals surface area contributed by atoms with Gasteiger partial charge < -0.3 is 4.90 Å². The van der Waals surface area contributed by atoms with Gasteiger partial charge in [0.05, 0.1) is 11.9 Å². The molecule has 1 amide bonds. The highest BCUT2D eigenvalue weighted by atomic mass is 35.5. The lowest BCUT2D eigenvalue weighted by Crippen LogP contribution is -2.27. The number of benzene rings is 1. The van der Waals surface area contributed by atoms with Crippen LogP contribution >= 0.6 is 23.4 Å². The average molecular weight is 296 g/mol. The summed E-state index contributed by atoms with van der Waals surface area (Å²) in [6.07, 6.45) is 3.51. The Morgan fingerprint density at radius 2 is 2.16 bits per heavy atom. The number of halogens is 1. The summed E-state index contributed by atoms with van der Waals surface area (Å²) in [4.78, 5) is 14.7. The van der Waals surface area contributed by atoms with Gasteiger partial charge in [-0.05, 0) is 24.3 Å². The minimum absolute atomic E-state index is 0.0844. The Bertz CT molecular complexity index is 527. The van der Waals surface area contributed by atoms with Gasteiger partial charge in [0.25, 0.3) is 0 Å². The van der Waals surface area contributed by atoms with Gasteiger partial charge in [-0.25, -0.2) is 0 Å². The number of rotatable bonds is 5. The number of nitrogens with one attached hydrogen (secondary N) is 1. The minimum atomic E-state index is 0.0844. The Morgan fingerprint density at radius 3 is 2.79 bits per heavy atom. The summed E-state index contributed by atoms with van der Waals surface area (Å²) in [5.74, 6) is 0.497. The van der Waals surface area contributed by atoms with Crippen LogP contribution in [0.4, 0.5) is 0 Å². The van der Waals surface area contributed by atoms with Crippen LogP contribution in [0.25, 0.3) is 0 Å². The van der Waals surface area contributed by atoms with E-state index in [2.05, 4.69) is 10.2 Å². The average Bonchev–Trinajstić information content (AvgIpc) is 2.90. The summed E-state index contributed by atoms with van der Waals surface area (Å²) in [7, 11) is 1.79. The van der Waals surface area contributed by atoms with E-state index in [0.29, 0.717) is 17.3 Å². The minimum Gasteiger partial charge on any atom is -0.341 e. The molecule has 0 saturated carbocycles. The summed E-state index contributed by atoms with van der Waals surface area (Å²) in [5, 5.41) is 7.29. The van der Waals surface area contributed by atoms with E-state index in [-0.39, 0.29) is 5.91 Å². The second-order valence-electron chi connectivity index (χ2n) is 4.10. The maximum Gasteiger partial charge on any atom is 0.232 e. The van der Waals surface area contributed by atoms with Crippen LogP contribution in [0.1, 0.15) is 5.56 Å². The number of carbonyl (C=O) groups excluding carboxylic acids is 1. The van der Waals surface area contributed by atoms with Crippen molar-refractivity contribution in [3.8, 4) is 0 Å². The smallest absolute Gasteiger partial charge is 0.232 e. The zero-order valence-corrected chi connectivity index (χ0v) is 12.0. The lowest BCUT2D eigenvalue weighted by Gasteiger charge is -2.15. The van der Waals surface area contributed by atoms with Crippen LogP contribution in [0.5, 0.6) is 0 Å². The molecule has 0 unspecified atom stereocenters. The molecule has 0 atom stereocenters. The molecule has 0 saturated heterocycles. The van der Waals surface area contributed by atoms with Gasteiger partial charge in [-0.3, -0.25) is 9.89 Å². The third-order valence-electron chi connectivity index (χ3n) is 2.58. The Hall–Kier alpha value is -1.46. The molecule has 2 aromatic rings. The van der Waals surface area contributed by atoms with Crippen LogP contribution < -0.4 is 0 Å². The van der Waals surface area contributed by atoms with Crippen molar-refractivity contribution >= 4 is 29.3 Å². The van der Waals surface area contributed by atoms with E-state index in [1.165, 1.54) is 11.8 Å². The standard InChI is InChI=1S/C13H14ClN3OS/c1-17(8-10-6-15-16-7-10)13(18)9-19-12-4-2-11(14)3-5-12/h2-7H,8-9H2,1H3,(H,15,16). The third-order valence-corrected chi connectivity index (χ3v) is 3.83. The highest BCUT2D eigenvalue weighted by molar-refractivity contribution is 8.00. The molecular weight excluding hydrogens is 282 g/mol. The first-order chi connectivity index (χ1) is 9.15. The molecule has 1 aromatic carbocycles. The lowest BCUT2D eigenvalue weighted by atomic mass is 10.3. The Kier molecular flexibility index (Phi) is 4.87. The fraction of sp³-hybridized carbons (Fsp3) is 0.231. The number of hydrogen-bond donors (Lipinski definition) is 1. The normalized spacial score (nSPS) is 10.4. The van der Waals surface area contributed by atoms with Gasteiger partial charge in [0, 0.05) is 35.3 Å². The molecule has 6 heteroatoms. The molecule has 1 aromatic heterocycles. The first-order valence-electron chi connectivity index (χ1n) is 5.75. The fourth-order valence-corrected chi connectivity index (χ4v) is 2.48. The molecule has 4 nitrogen and oxygen atoms in total. The maximum absolute atomic E-state index is 12.0. The molecule has 0 aliphatic carbocycles. The second-order valence-corrected chi connectivity index (χ2v) is 5.58. The molecule has 0 radical (unpaired) electrons. The molecule has 19 heavy (non-hydrogen) atoms. The molecule has 100 valence electrons. The molecule has 0 fully saturated rings. The van der Waals surface area contributed by atoms with Crippen molar-refractivity contribution in [1.29, 1.82) is 0 Å². The van der Waals surface area contributed by atoms with Crippen LogP contribution in [-0.4, -0.2) is 33.8 Å². The molecule has 2 rings (SSSR count). The van der Waals surface area contributed by atoms with E-state index < -0.39 is 0 Å². The monoisotopic (exact) mass is 295 g/mol. The number of aromatic nitrogens is 2. The van der Waals surface area contributed by atoms with E-state index in [4.69, 9.17) is 11.6 Å². The molecule has 1 N–H and O–H groups in total. The first kappa shape index (κ1) is 14.0. The van der Waals surface area contributed by atoms with Gasteiger partial charge in [-0.2, -0.15) is 5.10 Å². The van der Waals surface area contributed by atoms with Crippen LogP contribution in [0.2, 0.25) is 5.02 Å². The van der Waals surface area contributed by atoms with Crippen LogP contribution in [-0.2, 0) is 11.3 Å². The predicted molar refractivity (Wildman–Crippen MR) is 77.2 cm³/mol. The van der Waals surface area contributed by atoms with Crippen LogP contribution in [0.3, 0.4) is 0 Å². The molecular formula is C13H14ClN3OS. The van der Waals surface area contributed by atoms with Crippen molar-refractivity contribution in [2.24, 2.45) is 0 Å². The highest BCUT2D eigenvalue weighted by Crippen LogP contribution is 2.20. The Balaban J connectivity index is 1.82. The number of nitrogens with zero attached hydrogens (tertiary/aromatic N) is 2. The number of thioether (sulfide) groups is 1. The van der Waals surface area contributed by atoms with Crippen LogP contribution in [0.15, 0.2) is 41.6 Å². The molecule has 0 aliphatic rings. The molecule has 0 aliphatic heterocycles. The van der Waals surface area contributed by atoms with Crippen molar-refractivity contribution in [3.63, 3.8) is 0 Å². The van der Waals surface area contributed by atoms with Gasteiger partial charge in [0.15, 0.2) is 0 Å². The van der Waals surface area contributed by atoms with E-state index in [1.807, 2.05) is 24.3 Å². The van der Waals surface area contributed by atoms with E-state index in [9.17, 15) is 4.79 Å². The summed E-state index contributed by atoms with van der Waals surface area (Å²) < 4.78 is 0. The number of carbonyl (C=O) groups is 1. The highest BCUT2D eigenvalue weighted by Gasteiger charge is 2.10. The molecule has 1 heterocycles. The first-order valence-corrected chi connectivity index (χ1v) is 7.11. The predicted octanol–water partition coefficient (Wildman–Crippen LogP) is 2.81. The quantitative estimate of drug-likeness (QED) is 0.863. The fourth-order valence-electron chi connectivity index (χ4n) is 1.51. The van der Waals surface area contributed by atoms with Gasteiger partial charge >= 0.3 is 0 Å². The van der Waals surface area contributed by atoms with Crippen molar-refractivity contribution in [2.75, 3.05) is 12.8 Å². The van der Waals surface area contributed by atoms with E-state index in [0.717, 1.165) is 10.5 Å². The third kappa shape index (κ3) is 4.29. The number of aromatic amines is 1. The largest absolute Gasteiger partial charge is 0.341 e. The summed E-state index contributed by atoms with van der Waals surface area (Å²) in [6.45, 7) is 0.566. The second kappa shape index (κ2) is 6.63. The molecule has 0 spiro atoms. The zero-order chi connectivity index (χ0) is 13.7. The SMILES string of the molecule is CN(Cc1cn[nH]c1)C(=O)CSc1ccc(Cl)cc1. The zero-order valence-electron chi connectivity index (χ0n) is 10.5. The summed E-state index contributed by atoms with van der Waals surface area (Å²) in [6, 6.07) is 7.47. The van der Waals surface area contributed by atoms with Crippen molar-refractivity contribution in [1.82, 2.24) is 15.1 Å². The van der Waals surface area contributed by atoms with Crippen molar-refractivity contribution in [2.45, 2.75) is 11.4 Å². The van der Waals surface area contributed by atoms with Crippen molar-refractivity contribution in [3.05, 3.63) is 47.2 Å². The maximum atomic E-state index is 12.0. The van der Waals surface area contributed by atoms with E-state index >= 15 is 0 Å².